The van der Waals surface area contributed by atoms with Gasteiger partial charge in [0.1, 0.15) is 0 Å². The molecule has 0 fully saturated rings. The van der Waals surface area contributed by atoms with E-state index < -0.39 is 6.04 Å². The van der Waals surface area contributed by atoms with Crippen LogP contribution in [0.25, 0.3) is 0 Å². The summed E-state index contributed by atoms with van der Waals surface area (Å²) in [7, 11) is 0. The van der Waals surface area contributed by atoms with E-state index in [0.29, 0.717) is 0 Å². The van der Waals surface area contributed by atoms with Crippen molar-refractivity contribution in [3.8, 4) is 0 Å². The van der Waals surface area contributed by atoms with Crippen LogP contribution in [0.15, 0.2) is 88.7 Å². The van der Waals surface area contributed by atoms with Gasteiger partial charge in [0.25, 0.3) is 0 Å². The molecule has 0 aliphatic heterocycles. The third-order valence-electron chi connectivity index (χ3n) is 3.99. The van der Waals surface area contributed by atoms with Gasteiger partial charge in [-0.1, -0.05) is 66.4 Å². The standard InChI is InChI=1S/C20H19PS3/c1-23-19-12-8-17(9-13-19)21(22,16-6-4-3-5-7-16)18-10-14-20(24-2)15-11-18/h3-15H,1-2H3. The van der Waals surface area contributed by atoms with Crippen molar-refractivity contribution in [1.29, 1.82) is 0 Å². The molecule has 0 nitrogen and oxygen atoms in total. The average Bonchev–Trinajstić information content (AvgIpc) is 2.68. The van der Waals surface area contributed by atoms with E-state index in [9.17, 15) is 0 Å². The molecular formula is C20H19PS3. The predicted octanol–water partition coefficient (Wildman–Crippen LogP) is 4.89. The highest BCUT2D eigenvalue weighted by atomic mass is 32.4. The Labute approximate surface area is 158 Å². The van der Waals surface area contributed by atoms with Crippen LogP contribution in [0.3, 0.4) is 0 Å². The second kappa shape index (κ2) is 7.93. The lowest BCUT2D eigenvalue weighted by atomic mass is 10.3. The molecule has 0 aliphatic carbocycles. The maximum absolute atomic E-state index is 6.36. The predicted molar refractivity (Wildman–Crippen MR) is 116 cm³/mol. The molecule has 0 heterocycles. The van der Waals surface area contributed by atoms with Gasteiger partial charge in [0.05, 0.1) is 0 Å². The third kappa shape index (κ3) is 3.50. The smallest absolute Gasteiger partial charge is 0.0379 e. The Morgan fingerprint density at radius 3 is 1.33 bits per heavy atom. The van der Waals surface area contributed by atoms with Crippen LogP contribution in [0.2, 0.25) is 0 Å². The van der Waals surface area contributed by atoms with Gasteiger partial charge < -0.3 is 0 Å². The lowest BCUT2D eigenvalue weighted by Gasteiger charge is -2.24. The van der Waals surface area contributed by atoms with Gasteiger partial charge in [-0.15, -0.1) is 23.5 Å². The SMILES string of the molecule is CSc1ccc(P(=S)(c2ccccc2)c2ccc(SC)cc2)cc1. The molecule has 24 heavy (non-hydrogen) atoms. The van der Waals surface area contributed by atoms with Crippen molar-refractivity contribution >= 4 is 57.3 Å². The molecule has 0 N–H and O–H groups in total. The molecule has 3 rings (SSSR count). The fraction of sp³-hybridized carbons (Fsp3) is 0.100. The summed E-state index contributed by atoms with van der Waals surface area (Å²) in [4.78, 5) is 2.54. The third-order valence-corrected chi connectivity index (χ3v) is 10.5. The molecule has 0 atom stereocenters. The second-order valence-corrected chi connectivity index (χ2v) is 11.5. The normalized spacial score (nSPS) is 11.4. The van der Waals surface area contributed by atoms with Crippen molar-refractivity contribution in [3.05, 3.63) is 78.9 Å². The molecule has 0 aromatic heterocycles. The number of rotatable bonds is 5. The Hall–Kier alpha value is -0.990. The summed E-state index contributed by atoms with van der Waals surface area (Å²) >= 11 is 9.88. The molecule has 0 saturated carbocycles. The van der Waals surface area contributed by atoms with E-state index in [-0.39, 0.29) is 0 Å². The fourth-order valence-corrected chi connectivity index (χ4v) is 7.21. The van der Waals surface area contributed by atoms with Crippen LogP contribution in [0.4, 0.5) is 0 Å². The van der Waals surface area contributed by atoms with Gasteiger partial charge in [-0.05, 0) is 52.7 Å². The van der Waals surface area contributed by atoms with Crippen molar-refractivity contribution in [3.63, 3.8) is 0 Å². The van der Waals surface area contributed by atoms with Gasteiger partial charge in [0, 0.05) is 15.8 Å². The molecule has 3 aromatic rings. The van der Waals surface area contributed by atoms with E-state index in [1.54, 1.807) is 23.5 Å². The summed E-state index contributed by atoms with van der Waals surface area (Å²) in [6.45, 7) is 0. The van der Waals surface area contributed by atoms with E-state index in [2.05, 4.69) is 91.4 Å². The molecule has 0 spiro atoms. The van der Waals surface area contributed by atoms with Crippen LogP contribution in [0.1, 0.15) is 0 Å². The Morgan fingerprint density at radius 1 is 0.583 bits per heavy atom. The van der Waals surface area contributed by atoms with E-state index in [1.165, 1.54) is 25.7 Å². The number of hydrogen-bond acceptors (Lipinski definition) is 3. The van der Waals surface area contributed by atoms with Crippen molar-refractivity contribution < 1.29 is 0 Å². The van der Waals surface area contributed by atoms with E-state index in [4.69, 9.17) is 11.8 Å². The molecular weight excluding hydrogens is 367 g/mol. The maximum atomic E-state index is 6.36. The zero-order chi connectivity index (χ0) is 17.0. The summed E-state index contributed by atoms with van der Waals surface area (Å²) in [5.74, 6) is 0. The lowest BCUT2D eigenvalue weighted by molar-refractivity contribution is 1.48. The van der Waals surface area contributed by atoms with Crippen LogP contribution in [0.5, 0.6) is 0 Å². The lowest BCUT2D eigenvalue weighted by Crippen LogP contribution is -2.24. The molecule has 0 amide bonds. The Balaban J connectivity index is 2.18. The number of benzene rings is 3. The van der Waals surface area contributed by atoms with Gasteiger partial charge in [-0.3, -0.25) is 0 Å². The molecule has 0 saturated heterocycles. The van der Waals surface area contributed by atoms with Gasteiger partial charge in [0.15, 0.2) is 0 Å². The molecule has 0 radical (unpaired) electrons. The summed E-state index contributed by atoms with van der Waals surface area (Å²) in [6.07, 6.45) is 4.20. The molecule has 0 aliphatic rings. The van der Waals surface area contributed by atoms with Gasteiger partial charge >= 0.3 is 0 Å². The maximum Gasteiger partial charge on any atom is 0.0379 e. The topological polar surface area (TPSA) is 0 Å². The monoisotopic (exact) mass is 386 g/mol. The minimum absolute atomic E-state index is 1.24. The van der Waals surface area contributed by atoms with Crippen LogP contribution in [-0.4, -0.2) is 12.5 Å². The highest BCUT2D eigenvalue weighted by Crippen LogP contribution is 2.43. The summed E-state index contributed by atoms with van der Waals surface area (Å²) in [5.41, 5.74) is 0. The number of hydrogen-bond donors (Lipinski definition) is 0. The van der Waals surface area contributed by atoms with E-state index in [1.807, 2.05) is 0 Å². The van der Waals surface area contributed by atoms with Gasteiger partial charge in [-0.25, -0.2) is 0 Å². The molecule has 0 unspecified atom stereocenters. The van der Waals surface area contributed by atoms with Crippen molar-refractivity contribution in [1.82, 2.24) is 0 Å². The molecule has 122 valence electrons. The minimum atomic E-state index is -2.02. The fourth-order valence-electron chi connectivity index (χ4n) is 2.67. The zero-order valence-corrected chi connectivity index (χ0v) is 17.0. The first-order valence-electron chi connectivity index (χ1n) is 7.63. The molecule has 0 bridgehead atoms. The summed E-state index contributed by atoms with van der Waals surface area (Å²) in [6, 6.07) is 26.1. The van der Waals surface area contributed by atoms with Gasteiger partial charge in [-0.2, -0.15) is 0 Å². The van der Waals surface area contributed by atoms with Crippen LogP contribution >= 0.6 is 29.6 Å². The second-order valence-electron chi connectivity index (χ2n) is 5.34. The Kier molecular flexibility index (Phi) is 5.89. The van der Waals surface area contributed by atoms with Gasteiger partial charge in [0.2, 0.25) is 0 Å². The first-order chi connectivity index (χ1) is 11.7. The first-order valence-corrected chi connectivity index (χ1v) is 12.9. The van der Waals surface area contributed by atoms with Crippen LogP contribution in [-0.2, 0) is 11.8 Å². The highest BCUT2D eigenvalue weighted by Gasteiger charge is 2.24. The van der Waals surface area contributed by atoms with E-state index >= 15 is 0 Å². The molecule has 4 heteroatoms. The Bertz CT molecular complexity index is 789. The van der Waals surface area contributed by atoms with Crippen molar-refractivity contribution in [2.45, 2.75) is 9.79 Å². The number of thioether (sulfide) groups is 2. The van der Waals surface area contributed by atoms with Crippen molar-refractivity contribution in [2.24, 2.45) is 0 Å². The van der Waals surface area contributed by atoms with E-state index in [0.717, 1.165) is 0 Å². The van der Waals surface area contributed by atoms with Crippen molar-refractivity contribution in [2.75, 3.05) is 12.5 Å². The summed E-state index contributed by atoms with van der Waals surface area (Å²) < 4.78 is 0. The molecule has 3 aromatic carbocycles. The largest absolute Gasteiger partial charge is 0.130 e. The first kappa shape index (κ1) is 17.8. The van der Waals surface area contributed by atoms with Crippen LogP contribution in [0, 0.1) is 0 Å². The minimum Gasteiger partial charge on any atom is -0.130 e. The van der Waals surface area contributed by atoms with Crippen LogP contribution < -0.4 is 15.9 Å². The average molecular weight is 387 g/mol. The highest BCUT2D eigenvalue weighted by molar-refractivity contribution is 8.25. The zero-order valence-electron chi connectivity index (χ0n) is 13.7. The summed E-state index contributed by atoms with van der Waals surface area (Å²) in [5, 5.41) is 3.74. The quantitative estimate of drug-likeness (QED) is 0.453. The Morgan fingerprint density at radius 2 is 0.958 bits per heavy atom.